The summed E-state index contributed by atoms with van der Waals surface area (Å²) < 4.78 is 27.9. The Kier molecular flexibility index (Phi) is 7.61. The van der Waals surface area contributed by atoms with Gasteiger partial charge in [0, 0.05) is 30.9 Å². The lowest BCUT2D eigenvalue weighted by molar-refractivity contribution is -0.387. The molecule has 1 aromatic carbocycles. The molecule has 2 rings (SSSR count). The molecule has 32 heavy (non-hydrogen) atoms. The number of aryl methyl sites for hydroxylation is 1. The SMILES string of the molecule is Cc1cn(CC(=O)N(CCNS(=O)(=O)c2ccccc2[N+](=O)[O-])CC(N)=O)c(=O)[nH]c1=O. The summed E-state index contributed by atoms with van der Waals surface area (Å²) in [5.74, 6) is -1.63. The molecule has 14 nitrogen and oxygen atoms in total. The van der Waals surface area contributed by atoms with Gasteiger partial charge in [-0.15, -0.1) is 0 Å². The molecule has 2 aromatic rings. The molecular weight excluding hydrogens is 448 g/mol. The summed E-state index contributed by atoms with van der Waals surface area (Å²) in [4.78, 5) is 59.8. The van der Waals surface area contributed by atoms with Gasteiger partial charge in [0.1, 0.15) is 6.54 Å². The maximum atomic E-state index is 12.6. The molecule has 0 fully saturated rings. The van der Waals surface area contributed by atoms with E-state index < -0.39 is 68.2 Å². The van der Waals surface area contributed by atoms with Crippen molar-refractivity contribution in [1.29, 1.82) is 0 Å². The molecule has 0 radical (unpaired) electrons. The zero-order valence-corrected chi connectivity index (χ0v) is 17.6. The summed E-state index contributed by atoms with van der Waals surface area (Å²) >= 11 is 0. The van der Waals surface area contributed by atoms with Crippen molar-refractivity contribution in [3.8, 4) is 0 Å². The van der Waals surface area contributed by atoms with Crippen LogP contribution in [-0.4, -0.2) is 59.2 Å². The van der Waals surface area contributed by atoms with Crippen molar-refractivity contribution in [1.82, 2.24) is 19.2 Å². The van der Waals surface area contributed by atoms with E-state index in [0.717, 1.165) is 21.6 Å². The number of carbonyl (C=O) groups is 2. The van der Waals surface area contributed by atoms with E-state index in [4.69, 9.17) is 5.73 Å². The van der Waals surface area contributed by atoms with Gasteiger partial charge in [-0.05, 0) is 13.0 Å². The number of nitro benzene ring substituents is 1. The predicted molar refractivity (Wildman–Crippen MR) is 110 cm³/mol. The second-order valence-corrected chi connectivity index (χ2v) is 8.34. The highest BCUT2D eigenvalue weighted by molar-refractivity contribution is 7.89. The number of nitrogens with two attached hydrogens (primary N) is 1. The Morgan fingerprint density at radius 1 is 1.28 bits per heavy atom. The molecule has 4 N–H and O–H groups in total. The molecule has 0 aliphatic rings. The van der Waals surface area contributed by atoms with Gasteiger partial charge in [-0.1, -0.05) is 12.1 Å². The zero-order valence-electron chi connectivity index (χ0n) is 16.8. The van der Waals surface area contributed by atoms with E-state index in [0.29, 0.717) is 0 Å². The van der Waals surface area contributed by atoms with Crippen molar-refractivity contribution in [2.24, 2.45) is 5.73 Å². The number of sulfonamides is 1. The summed E-state index contributed by atoms with van der Waals surface area (Å²) in [6.45, 7) is -0.395. The number of carbonyl (C=O) groups excluding carboxylic acids is 2. The first-order valence-corrected chi connectivity index (χ1v) is 10.5. The Bertz CT molecular complexity index is 1270. The maximum Gasteiger partial charge on any atom is 0.328 e. The predicted octanol–water partition coefficient (Wildman–Crippen LogP) is -1.95. The first kappa shape index (κ1) is 24.4. The number of benzene rings is 1. The summed E-state index contributed by atoms with van der Waals surface area (Å²) in [6.07, 6.45) is 1.17. The topological polar surface area (TPSA) is 208 Å². The Labute approximate surface area is 180 Å². The second-order valence-electron chi connectivity index (χ2n) is 6.60. The van der Waals surface area contributed by atoms with Gasteiger partial charge in [0.05, 0.1) is 11.5 Å². The van der Waals surface area contributed by atoms with E-state index in [1.54, 1.807) is 0 Å². The van der Waals surface area contributed by atoms with Gasteiger partial charge < -0.3 is 10.6 Å². The molecule has 0 aliphatic heterocycles. The first-order valence-electron chi connectivity index (χ1n) is 9.02. The Morgan fingerprint density at radius 2 is 1.94 bits per heavy atom. The third-order valence-corrected chi connectivity index (χ3v) is 5.73. The van der Waals surface area contributed by atoms with Crippen LogP contribution in [0.25, 0.3) is 0 Å². The van der Waals surface area contributed by atoms with E-state index in [9.17, 15) is 37.7 Å². The highest BCUT2D eigenvalue weighted by Gasteiger charge is 2.25. The number of nitrogens with one attached hydrogen (secondary N) is 2. The molecule has 1 aromatic heterocycles. The number of nitrogens with zero attached hydrogens (tertiary/aromatic N) is 3. The largest absolute Gasteiger partial charge is 0.368 e. The van der Waals surface area contributed by atoms with Crippen LogP contribution < -0.4 is 21.7 Å². The summed E-state index contributed by atoms with van der Waals surface area (Å²) in [6, 6.07) is 4.71. The molecule has 0 spiro atoms. The lowest BCUT2D eigenvalue weighted by atomic mass is 10.3. The number of hydrogen-bond donors (Lipinski definition) is 3. The van der Waals surface area contributed by atoms with Crippen LogP contribution in [0.1, 0.15) is 5.56 Å². The minimum Gasteiger partial charge on any atom is -0.368 e. The van der Waals surface area contributed by atoms with Crippen molar-refractivity contribution in [3.05, 3.63) is 67.0 Å². The minimum absolute atomic E-state index is 0.177. The summed E-state index contributed by atoms with van der Waals surface area (Å²) in [5.41, 5.74) is 3.23. The van der Waals surface area contributed by atoms with E-state index in [1.807, 2.05) is 4.98 Å². The average Bonchev–Trinajstić information content (AvgIpc) is 2.70. The van der Waals surface area contributed by atoms with Gasteiger partial charge in [0.15, 0.2) is 4.90 Å². The number of rotatable bonds is 10. The van der Waals surface area contributed by atoms with Crippen molar-refractivity contribution in [2.45, 2.75) is 18.4 Å². The summed E-state index contributed by atoms with van der Waals surface area (Å²) in [7, 11) is -4.30. The summed E-state index contributed by atoms with van der Waals surface area (Å²) in [5, 5.41) is 11.1. The van der Waals surface area contributed by atoms with Gasteiger partial charge in [0.2, 0.25) is 21.8 Å². The third-order valence-electron chi connectivity index (χ3n) is 4.22. The molecule has 0 saturated heterocycles. The lowest BCUT2D eigenvalue weighted by Crippen LogP contribution is -2.45. The highest BCUT2D eigenvalue weighted by atomic mass is 32.2. The van der Waals surface area contributed by atoms with Gasteiger partial charge in [-0.3, -0.25) is 34.0 Å². The number of nitro groups is 1. The van der Waals surface area contributed by atoms with Crippen LogP contribution in [0.2, 0.25) is 0 Å². The number of H-pyrrole nitrogens is 1. The highest BCUT2D eigenvalue weighted by Crippen LogP contribution is 2.22. The van der Waals surface area contributed by atoms with Crippen LogP contribution in [0.3, 0.4) is 0 Å². The number of hydrogen-bond acceptors (Lipinski definition) is 8. The van der Waals surface area contributed by atoms with Crippen LogP contribution in [0.4, 0.5) is 5.69 Å². The molecule has 0 saturated carbocycles. The molecule has 0 atom stereocenters. The monoisotopic (exact) mass is 468 g/mol. The van der Waals surface area contributed by atoms with Gasteiger partial charge in [-0.25, -0.2) is 17.9 Å². The Balaban J connectivity index is 2.15. The van der Waals surface area contributed by atoms with Gasteiger partial charge in [-0.2, -0.15) is 0 Å². The number of aromatic nitrogens is 2. The van der Waals surface area contributed by atoms with Crippen molar-refractivity contribution in [2.75, 3.05) is 19.6 Å². The Morgan fingerprint density at radius 3 is 2.56 bits per heavy atom. The zero-order chi connectivity index (χ0) is 24.1. The molecule has 0 aliphatic carbocycles. The van der Waals surface area contributed by atoms with E-state index in [-0.39, 0.29) is 12.1 Å². The van der Waals surface area contributed by atoms with Crippen molar-refractivity contribution in [3.63, 3.8) is 0 Å². The van der Waals surface area contributed by atoms with Crippen molar-refractivity contribution >= 4 is 27.5 Å². The third kappa shape index (κ3) is 6.08. The van der Waals surface area contributed by atoms with Crippen LogP contribution in [0, 0.1) is 17.0 Å². The number of amides is 2. The number of para-hydroxylation sites is 1. The fraction of sp³-hybridized carbons (Fsp3) is 0.294. The van der Waals surface area contributed by atoms with Crippen LogP contribution in [0.15, 0.2) is 44.9 Å². The maximum absolute atomic E-state index is 12.6. The smallest absolute Gasteiger partial charge is 0.328 e. The number of primary amides is 1. The average molecular weight is 468 g/mol. The van der Waals surface area contributed by atoms with E-state index in [1.165, 1.54) is 25.3 Å². The Hall–Kier alpha value is -3.85. The van der Waals surface area contributed by atoms with Gasteiger partial charge >= 0.3 is 5.69 Å². The minimum atomic E-state index is -4.30. The standard InChI is InChI=1S/C17H20N6O8S/c1-11-8-22(17(27)20-16(11)26)10-15(25)21(9-14(18)24)7-6-19-32(30,31)13-5-3-2-4-12(13)23(28)29/h2-5,8,19H,6-7,9-10H2,1H3,(H2,18,24)(H,20,26,27). The van der Waals surface area contributed by atoms with Crippen molar-refractivity contribution < 1.29 is 22.9 Å². The fourth-order valence-electron chi connectivity index (χ4n) is 2.69. The molecule has 15 heteroatoms. The molecule has 0 bridgehead atoms. The van der Waals surface area contributed by atoms with E-state index >= 15 is 0 Å². The normalized spacial score (nSPS) is 11.2. The molecule has 2 amide bonds. The first-order chi connectivity index (χ1) is 14.9. The number of aromatic amines is 1. The lowest BCUT2D eigenvalue weighted by Gasteiger charge is -2.22. The van der Waals surface area contributed by atoms with Crippen LogP contribution >= 0.6 is 0 Å². The molecule has 172 valence electrons. The van der Waals surface area contributed by atoms with Gasteiger partial charge in [0.25, 0.3) is 11.2 Å². The second kappa shape index (κ2) is 9.97. The van der Waals surface area contributed by atoms with Crippen LogP contribution in [0.5, 0.6) is 0 Å². The quantitative estimate of drug-likeness (QED) is 0.263. The molecule has 0 unspecified atom stereocenters. The van der Waals surface area contributed by atoms with Crippen LogP contribution in [-0.2, 0) is 26.2 Å². The molecule has 1 heterocycles. The molecular formula is C17H20N6O8S. The van der Waals surface area contributed by atoms with E-state index in [2.05, 4.69) is 4.72 Å². The fourth-order valence-corrected chi connectivity index (χ4v) is 3.88.